The van der Waals surface area contributed by atoms with Crippen LogP contribution in [0, 0.1) is 0 Å². The topological polar surface area (TPSA) is 26.3 Å². The average Bonchev–Trinajstić information content (AvgIpc) is 1.86. The molecule has 0 heterocycles. The fourth-order valence-electron chi connectivity index (χ4n) is 0.166. The molecule has 0 aromatic carbocycles. The molecule has 0 rings (SSSR count). The molecule has 0 bridgehead atoms. The Morgan fingerprint density at radius 3 is 2.22 bits per heavy atom. The van der Waals surface area contributed by atoms with E-state index in [0.29, 0.717) is 6.61 Å². The quantitative estimate of drug-likeness (QED) is 0.452. The molecule has 0 amide bonds. The van der Waals surface area contributed by atoms with Crippen molar-refractivity contribution < 1.29 is 22.7 Å². The summed E-state index contributed by atoms with van der Waals surface area (Å²) in [5, 5.41) is 0. The van der Waals surface area contributed by atoms with E-state index in [1.807, 2.05) is 6.92 Å². The number of carbonyl (C=O) groups excluding carboxylic acids is 1. The molecule has 0 unspecified atom stereocenters. The van der Waals surface area contributed by atoms with E-state index in [1.165, 1.54) is 0 Å². The minimum atomic E-state index is -0.250. The van der Waals surface area contributed by atoms with Crippen molar-refractivity contribution in [3.63, 3.8) is 0 Å². The Morgan fingerprint density at radius 1 is 1.67 bits per heavy atom. The van der Waals surface area contributed by atoms with E-state index in [1.54, 1.807) is 0 Å². The Bertz CT molecular complexity index is 53.8. The van der Waals surface area contributed by atoms with Gasteiger partial charge in [-0.2, -0.15) is 0 Å². The van der Waals surface area contributed by atoms with Gasteiger partial charge in [-0.3, -0.25) is 0 Å². The molecule has 0 spiro atoms. The van der Waals surface area contributed by atoms with Crippen LogP contribution in [0.3, 0.4) is 0 Å². The van der Waals surface area contributed by atoms with Crippen molar-refractivity contribution in [2.75, 3.05) is 13.2 Å². The zero-order chi connectivity index (χ0) is 7.54. The molecular weight excluding hydrogens is 305 g/mol. The minimum absolute atomic E-state index is 0.233. The number of halogens is 2. The molecule has 0 N–H and O–H groups in total. The summed E-state index contributed by atoms with van der Waals surface area (Å²) in [5.74, 6) is 0. The van der Waals surface area contributed by atoms with Gasteiger partial charge in [0.25, 0.3) is 0 Å². The van der Waals surface area contributed by atoms with Crippen LogP contribution < -0.4 is 0 Å². The van der Waals surface area contributed by atoms with Crippen LogP contribution in [-0.4, -0.2) is 19.5 Å². The predicted molar refractivity (Wildman–Crippen MR) is 40.4 cm³/mol. The van der Waals surface area contributed by atoms with Crippen molar-refractivity contribution in [2.45, 2.75) is 6.92 Å². The van der Waals surface area contributed by atoms with Gasteiger partial charge in [-0.15, -0.1) is 0 Å². The molecule has 0 saturated heterocycles. The predicted octanol–water partition coefficient (Wildman–Crippen LogP) is 1.91. The number of hydrogen-bond acceptors (Lipinski definition) is 2. The van der Waals surface area contributed by atoms with Gasteiger partial charge in [0.15, 0.2) is 0 Å². The molecule has 0 fully saturated rings. The molecule has 9 heavy (non-hydrogen) atoms. The second-order valence-electron chi connectivity index (χ2n) is 0.927. The molecule has 0 aromatic heterocycles. The van der Waals surface area contributed by atoms with Crippen molar-refractivity contribution in [1.82, 2.24) is 0 Å². The average molecular weight is 313 g/mol. The molecule has 2 nitrogen and oxygen atoms in total. The number of aldehydes is 1. The maximum atomic E-state index is 9.44. The van der Waals surface area contributed by atoms with E-state index in [-0.39, 0.29) is 19.8 Å². The SMILES string of the molecule is CCOCC=O.[Br][Zn][Br]. The van der Waals surface area contributed by atoms with Gasteiger partial charge < -0.3 is 9.53 Å². The zero-order valence-corrected chi connectivity index (χ0v) is 11.4. The summed E-state index contributed by atoms with van der Waals surface area (Å²) in [5.41, 5.74) is 0. The zero-order valence-electron chi connectivity index (χ0n) is 5.27. The van der Waals surface area contributed by atoms with Gasteiger partial charge in [-0.25, -0.2) is 0 Å². The molecule has 0 aliphatic rings. The Morgan fingerprint density at radius 2 is 2.11 bits per heavy atom. The van der Waals surface area contributed by atoms with Crippen LogP contribution in [0.25, 0.3) is 0 Å². The van der Waals surface area contributed by atoms with Gasteiger partial charge in [0.2, 0.25) is 0 Å². The normalized spacial score (nSPS) is 6.56. The fourth-order valence-corrected chi connectivity index (χ4v) is 0.166. The van der Waals surface area contributed by atoms with Crippen LogP contribution in [0.1, 0.15) is 6.92 Å². The number of carbonyl (C=O) groups is 1. The Kier molecular flexibility index (Phi) is 23.0. The third kappa shape index (κ3) is 27.0. The van der Waals surface area contributed by atoms with Crippen molar-refractivity contribution in [1.29, 1.82) is 0 Å². The fraction of sp³-hybridized carbons (Fsp3) is 0.750. The van der Waals surface area contributed by atoms with Crippen LogP contribution in [-0.2, 0) is 22.7 Å². The van der Waals surface area contributed by atoms with Crippen molar-refractivity contribution in [2.24, 2.45) is 0 Å². The first-order valence-corrected chi connectivity index (χ1v) is 16.4. The van der Waals surface area contributed by atoms with Gasteiger partial charge in [0.1, 0.15) is 12.9 Å². The van der Waals surface area contributed by atoms with Crippen LogP contribution in [0.2, 0.25) is 0 Å². The Hall–Kier alpha value is 1.21. The van der Waals surface area contributed by atoms with Crippen molar-refractivity contribution in [3.8, 4) is 0 Å². The molecule has 0 saturated carbocycles. The Balaban J connectivity index is 0. The third-order valence-electron chi connectivity index (χ3n) is 0.390. The van der Waals surface area contributed by atoms with E-state index in [9.17, 15) is 4.79 Å². The van der Waals surface area contributed by atoms with E-state index < -0.39 is 0 Å². The van der Waals surface area contributed by atoms with Crippen molar-refractivity contribution in [3.05, 3.63) is 0 Å². The van der Waals surface area contributed by atoms with Crippen LogP contribution in [0.4, 0.5) is 0 Å². The van der Waals surface area contributed by atoms with E-state index in [4.69, 9.17) is 0 Å². The van der Waals surface area contributed by atoms with Crippen LogP contribution in [0.5, 0.6) is 0 Å². The first kappa shape index (κ1) is 12.9. The van der Waals surface area contributed by atoms with Gasteiger partial charge in [-0.05, 0) is 6.92 Å². The molecule has 0 atom stereocenters. The van der Waals surface area contributed by atoms with E-state index in [0.717, 1.165) is 6.29 Å². The maximum absolute atomic E-state index is 9.44. The summed E-state index contributed by atoms with van der Waals surface area (Å²) in [7, 11) is 0. The summed E-state index contributed by atoms with van der Waals surface area (Å²) in [4.78, 5) is 9.44. The van der Waals surface area contributed by atoms with Crippen molar-refractivity contribution >= 4 is 33.5 Å². The summed E-state index contributed by atoms with van der Waals surface area (Å²) in [6, 6.07) is 0. The monoisotopic (exact) mass is 310 g/mol. The van der Waals surface area contributed by atoms with E-state index >= 15 is 0 Å². The second-order valence-corrected chi connectivity index (χ2v) is 15.0. The molecule has 0 aliphatic heterocycles. The molecule has 0 aromatic rings. The van der Waals surface area contributed by atoms with Crippen LogP contribution in [0.15, 0.2) is 0 Å². The number of ether oxygens (including phenoxy) is 1. The molecular formula is C4H8Br2O2Zn. The Labute approximate surface area is 76.0 Å². The van der Waals surface area contributed by atoms with E-state index in [2.05, 4.69) is 32.0 Å². The van der Waals surface area contributed by atoms with Gasteiger partial charge in [0.05, 0.1) is 0 Å². The first-order chi connectivity index (χ1) is 4.33. The second kappa shape index (κ2) is 16.1. The summed E-state index contributed by atoms with van der Waals surface area (Å²) < 4.78 is 4.61. The summed E-state index contributed by atoms with van der Waals surface area (Å²) >= 11 is 6.25. The number of rotatable bonds is 3. The molecule has 0 radical (unpaired) electrons. The van der Waals surface area contributed by atoms with Gasteiger partial charge in [-0.1, -0.05) is 0 Å². The van der Waals surface area contributed by atoms with Gasteiger partial charge >= 0.3 is 40.5 Å². The summed E-state index contributed by atoms with van der Waals surface area (Å²) in [6.45, 7) is 2.71. The molecule has 0 aliphatic carbocycles. The van der Waals surface area contributed by atoms with Crippen LogP contribution >= 0.6 is 27.2 Å². The molecule has 52 valence electrons. The summed E-state index contributed by atoms with van der Waals surface area (Å²) in [6.07, 6.45) is 0.740. The third-order valence-corrected chi connectivity index (χ3v) is 0.390. The van der Waals surface area contributed by atoms with Gasteiger partial charge in [0, 0.05) is 6.61 Å². The standard InChI is InChI=1S/C4H8O2.2BrH.Zn/c1-2-6-4-3-5;;;/h3H,2,4H2,1H3;2*1H;/q;;;+2/p-2. The first-order valence-electron chi connectivity index (χ1n) is 2.46. The molecule has 5 heteroatoms. The number of hydrogen-bond donors (Lipinski definition) is 0.